The molecule has 0 aromatic carbocycles. The fraction of sp³-hybridized carbons (Fsp3) is 0.952. The van der Waals surface area contributed by atoms with Crippen molar-refractivity contribution < 1.29 is 30.0 Å². The molecule has 0 heterocycles. The molecule has 0 aromatic heterocycles. The highest BCUT2D eigenvalue weighted by Gasteiger charge is 2.65. The third-order valence-corrected chi connectivity index (χ3v) is 18.9. The largest absolute Gasteiger partial charge is 0.396 e. The molecule has 0 bridgehead atoms. The molecule has 8 saturated carbocycles. The van der Waals surface area contributed by atoms with E-state index in [0.29, 0.717) is 71.8 Å². The fourth-order valence-electron chi connectivity index (χ4n) is 15.3. The second-order valence-electron chi connectivity index (χ2n) is 20.4. The van der Waals surface area contributed by atoms with Crippen LogP contribution in [0, 0.1) is 80.8 Å². The van der Waals surface area contributed by atoms with Crippen LogP contribution in [0.5, 0.6) is 0 Å². The molecule has 8 aliphatic carbocycles. The SMILES string of the molecule is C[C@@]12C[C@H](CO)C(=O)C[C@H]1CC[C@H]1[C@H]2CC[C@]2(C)[C@@H]1CC[C@@]2(C)O.C[C@@]12C[C@H](CO)C(=O)C[C@H]1CC[C@H]1[C@H]2CC[C@]2(C)[C@@H]1CC[C@@]2(C)O. The van der Waals surface area contributed by atoms with Gasteiger partial charge in [-0.3, -0.25) is 9.59 Å². The number of ketones is 2. The Hall–Kier alpha value is -0.820. The lowest BCUT2D eigenvalue weighted by Crippen LogP contribution is -2.57. The highest BCUT2D eigenvalue weighted by molar-refractivity contribution is 5.83. The number of aliphatic hydroxyl groups excluding tert-OH is 2. The number of Topliss-reactive ketones (excluding diaryl/α,β-unsaturated/α-hetero) is 2. The summed E-state index contributed by atoms with van der Waals surface area (Å²) < 4.78 is 0. The first-order valence-corrected chi connectivity index (χ1v) is 20.2. The van der Waals surface area contributed by atoms with Gasteiger partial charge in [-0.2, -0.15) is 0 Å². The van der Waals surface area contributed by atoms with Crippen molar-refractivity contribution in [1.29, 1.82) is 0 Å². The number of carbonyl (C=O) groups is 2. The van der Waals surface area contributed by atoms with Gasteiger partial charge in [-0.15, -0.1) is 0 Å². The van der Waals surface area contributed by atoms with Gasteiger partial charge in [0.1, 0.15) is 11.6 Å². The number of hydrogen-bond donors (Lipinski definition) is 4. The topological polar surface area (TPSA) is 115 Å². The summed E-state index contributed by atoms with van der Waals surface area (Å²) in [5.74, 6) is 5.36. The van der Waals surface area contributed by atoms with Crippen molar-refractivity contribution in [2.75, 3.05) is 13.2 Å². The summed E-state index contributed by atoms with van der Waals surface area (Å²) in [6.45, 7) is 13.7. The normalized spacial score (nSPS) is 57.2. The van der Waals surface area contributed by atoms with Gasteiger partial charge < -0.3 is 20.4 Å². The Morgan fingerprint density at radius 1 is 0.521 bits per heavy atom. The number of carbonyl (C=O) groups excluding carboxylic acids is 2. The van der Waals surface area contributed by atoms with Gasteiger partial charge in [0.15, 0.2) is 0 Å². The van der Waals surface area contributed by atoms with Gasteiger partial charge in [0.05, 0.1) is 24.4 Å². The van der Waals surface area contributed by atoms with Crippen molar-refractivity contribution in [1.82, 2.24) is 0 Å². The van der Waals surface area contributed by atoms with Crippen LogP contribution in [0.3, 0.4) is 0 Å². The average molecular weight is 669 g/mol. The zero-order chi connectivity index (χ0) is 34.7. The maximum absolute atomic E-state index is 12.3. The Morgan fingerprint density at radius 3 is 1.23 bits per heavy atom. The molecule has 0 amide bonds. The summed E-state index contributed by atoms with van der Waals surface area (Å²) in [6, 6.07) is 0. The van der Waals surface area contributed by atoms with Crippen molar-refractivity contribution >= 4 is 11.6 Å². The number of aliphatic hydroxyl groups is 4. The molecule has 16 atom stereocenters. The van der Waals surface area contributed by atoms with Crippen LogP contribution in [-0.4, -0.2) is 56.4 Å². The lowest BCUT2D eigenvalue weighted by molar-refractivity contribution is -0.161. The van der Waals surface area contributed by atoms with Crippen LogP contribution < -0.4 is 0 Å². The van der Waals surface area contributed by atoms with E-state index in [9.17, 15) is 30.0 Å². The standard InChI is InChI=1S/2C21H34O3/c2*1-19-11-13(12-22)18(23)10-14(19)4-5-15-16(19)6-8-20(2)17(15)7-9-21(20,3)24/h2*13-17,22,24H,4-12H2,1-3H3/t2*13-,14-,15+,16-,17-,19-,20-,21-/m11/s1. The third-order valence-electron chi connectivity index (χ3n) is 18.9. The van der Waals surface area contributed by atoms with Crippen LogP contribution >= 0.6 is 0 Å². The molecule has 0 saturated heterocycles. The summed E-state index contributed by atoms with van der Waals surface area (Å²) >= 11 is 0. The third kappa shape index (κ3) is 4.97. The minimum atomic E-state index is -0.517. The Bertz CT molecular complexity index is 1180. The summed E-state index contributed by atoms with van der Waals surface area (Å²) in [5, 5.41) is 41.3. The highest BCUT2D eigenvalue weighted by Crippen LogP contribution is 2.70. The summed E-state index contributed by atoms with van der Waals surface area (Å²) in [6.07, 6.45) is 16.7. The van der Waals surface area contributed by atoms with E-state index in [2.05, 4.69) is 41.5 Å². The van der Waals surface area contributed by atoms with Gasteiger partial charge in [-0.25, -0.2) is 0 Å². The minimum absolute atomic E-state index is 0.0222. The second-order valence-corrected chi connectivity index (χ2v) is 20.4. The van der Waals surface area contributed by atoms with Gasteiger partial charge in [0.25, 0.3) is 0 Å². The highest BCUT2D eigenvalue weighted by atomic mass is 16.3. The Balaban J connectivity index is 0.000000152. The van der Waals surface area contributed by atoms with Crippen LogP contribution in [0.4, 0.5) is 0 Å². The molecule has 4 N–H and O–H groups in total. The molecule has 8 rings (SSSR count). The number of rotatable bonds is 2. The van der Waals surface area contributed by atoms with E-state index in [1.165, 1.54) is 25.7 Å². The summed E-state index contributed by atoms with van der Waals surface area (Å²) in [4.78, 5) is 24.6. The van der Waals surface area contributed by atoms with Crippen molar-refractivity contribution in [3.63, 3.8) is 0 Å². The lowest BCUT2D eigenvalue weighted by atomic mass is 9.44. The molecule has 0 unspecified atom stereocenters. The van der Waals surface area contributed by atoms with Gasteiger partial charge in [0.2, 0.25) is 0 Å². The molecule has 6 heteroatoms. The molecule has 8 fully saturated rings. The maximum atomic E-state index is 12.3. The Morgan fingerprint density at radius 2 is 0.875 bits per heavy atom. The van der Waals surface area contributed by atoms with E-state index in [4.69, 9.17) is 0 Å². The zero-order valence-corrected chi connectivity index (χ0v) is 31.1. The van der Waals surface area contributed by atoms with Crippen molar-refractivity contribution in [3.8, 4) is 0 Å². The Labute approximate surface area is 290 Å². The van der Waals surface area contributed by atoms with E-state index in [0.717, 1.165) is 64.2 Å². The zero-order valence-electron chi connectivity index (χ0n) is 31.1. The van der Waals surface area contributed by atoms with E-state index < -0.39 is 11.2 Å². The molecule has 0 aromatic rings. The lowest BCUT2D eigenvalue weighted by Gasteiger charge is -2.61. The first kappa shape index (κ1) is 35.6. The van der Waals surface area contributed by atoms with E-state index in [-0.39, 0.29) is 46.7 Å². The molecular weight excluding hydrogens is 600 g/mol. The van der Waals surface area contributed by atoms with Crippen LogP contribution in [0.1, 0.15) is 144 Å². The van der Waals surface area contributed by atoms with Gasteiger partial charge in [0, 0.05) is 24.7 Å². The van der Waals surface area contributed by atoms with Gasteiger partial charge in [-0.1, -0.05) is 27.7 Å². The monoisotopic (exact) mass is 669 g/mol. The molecule has 0 radical (unpaired) electrons. The van der Waals surface area contributed by atoms with Gasteiger partial charge in [-0.05, 0) is 173 Å². The molecule has 48 heavy (non-hydrogen) atoms. The summed E-state index contributed by atoms with van der Waals surface area (Å²) in [5.41, 5.74) is -0.483. The molecule has 272 valence electrons. The first-order valence-electron chi connectivity index (χ1n) is 20.2. The van der Waals surface area contributed by atoms with E-state index in [1.54, 1.807) is 0 Å². The Kier molecular flexibility index (Phi) is 8.78. The number of fused-ring (bicyclic) bond motifs is 10. The molecular formula is C42H68O6. The molecule has 0 spiro atoms. The van der Waals surface area contributed by atoms with E-state index in [1.807, 2.05) is 0 Å². The minimum Gasteiger partial charge on any atom is -0.396 e. The average Bonchev–Trinajstić information content (AvgIpc) is 3.43. The molecule has 0 aliphatic heterocycles. The van der Waals surface area contributed by atoms with Crippen LogP contribution in [-0.2, 0) is 9.59 Å². The smallest absolute Gasteiger partial charge is 0.138 e. The fourth-order valence-corrected chi connectivity index (χ4v) is 15.3. The van der Waals surface area contributed by atoms with Crippen LogP contribution in [0.2, 0.25) is 0 Å². The van der Waals surface area contributed by atoms with Crippen molar-refractivity contribution in [2.45, 2.75) is 155 Å². The summed E-state index contributed by atoms with van der Waals surface area (Å²) in [7, 11) is 0. The molecule has 6 nitrogen and oxygen atoms in total. The molecule has 8 aliphatic rings. The number of hydrogen-bond acceptors (Lipinski definition) is 6. The predicted octanol–water partition coefficient (Wildman–Crippen LogP) is 7.14. The van der Waals surface area contributed by atoms with E-state index >= 15 is 0 Å². The predicted molar refractivity (Wildman–Crippen MR) is 187 cm³/mol. The van der Waals surface area contributed by atoms with Crippen molar-refractivity contribution in [3.05, 3.63) is 0 Å². The first-order chi connectivity index (χ1) is 22.5. The maximum Gasteiger partial charge on any atom is 0.138 e. The second kappa shape index (κ2) is 11.9. The van der Waals surface area contributed by atoms with Crippen molar-refractivity contribution in [2.24, 2.45) is 80.8 Å². The quantitative estimate of drug-likeness (QED) is 0.249. The van der Waals surface area contributed by atoms with Crippen LogP contribution in [0.25, 0.3) is 0 Å². The van der Waals surface area contributed by atoms with Crippen LogP contribution in [0.15, 0.2) is 0 Å². The van der Waals surface area contributed by atoms with Gasteiger partial charge >= 0.3 is 0 Å².